The van der Waals surface area contributed by atoms with Crippen LogP contribution in [0.3, 0.4) is 0 Å². The maximum absolute atomic E-state index is 7.69. The van der Waals surface area contributed by atoms with Gasteiger partial charge in [0.1, 0.15) is 5.75 Å². The van der Waals surface area contributed by atoms with E-state index in [2.05, 4.69) is 24.3 Å². The van der Waals surface area contributed by atoms with Crippen LogP contribution in [-0.4, -0.2) is 12.6 Å². The van der Waals surface area contributed by atoms with E-state index >= 15 is 0 Å². The minimum atomic E-state index is 0.180. The highest BCUT2D eigenvalue weighted by atomic mass is 16.5. The van der Waals surface area contributed by atoms with Crippen LogP contribution in [0.1, 0.15) is 44.1 Å². The first-order valence-corrected chi connectivity index (χ1v) is 6.23. The molecule has 1 N–H and O–H groups in total. The molecule has 0 spiro atoms. The topological polar surface area (TPSA) is 33.0 Å². The van der Waals surface area contributed by atoms with Crippen LogP contribution in [0.5, 0.6) is 5.75 Å². The van der Waals surface area contributed by atoms with Crippen molar-refractivity contribution in [1.82, 2.24) is 5.73 Å². The second-order valence-corrected chi connectivity index (χ2v) is 4.55. The molecule has 1 saturated carbocycles. The second-order valence-electron chi connectivity index (χ2n) is 4.55. The van der Waals surface area contributed by atoms with Crippen molar-refractivity contribution < 1.29 is 4.74 Å². The molecule has 0 amide bonds. The zero-order valence-corrected chi connectivity index (χ0v) is 9.91. The van der Waals surface area contributed by atoms with Gasteiger partial charge in [-0.15, -0.1) is 0 Å². The minimum Gasteiger partial charge on any atom is -0.494 e. The predicted molar refractivity (Wildman–Crippen MR) is 65.7 cm³/mol. The summed E-state index contributed by atoms with van der Waals surface area (Å²) in [7, 11) is 0. The number of benzene rings is 1. The Morgan fingerprint density at radius 3 is 2.31 bits per heavy atom. The van der Waals surface area contributed by atoms with Gasteiger partial charge in [-0.05, 0) is 56.2 Å². The van der Waals surface area contributed by atoms with Gasteiger partial charge in [-0.2, -0.15) is 0 Å². The molecule has 1 fully saturated rings. The maximum Gasteiger partial charge on any atom is 0.119 e. The van der Waals surface area contributed by atoms with Crippen LogP contribution in [0.15, 0.2) is 24.3 Å². The van der Waals surface area contributed by atoms with Crippen LogP contribution < -0.4 is 10.5 Å². The molecule has 0 unspecified atom stereocenters. The lowest BCUT2D eigenvalue weighted by molar-refractivity contribution is 0.339. The van der Waals surface area contributed by atoms with Gasteiger partial charge in [0.15, 0.2) is 0 Å². The van der Waals surface area contributed by atoms with Crippen molar-refractivity contribution >= 4 is 0 Å². The van der Waals surface area contributed by atoms with Gasteiger partial charge in [0.25, 0.3) is 0 Å². The molecule has 16 heavy (non-hydrogen) atoms. The Bertz CT molecular complexity index is 312. The van der Waals surface area contributed by atoms with Gasteiger partial charge >= 0.3 is 0 Å². The Hall–Kier alpha value is -1.02. The molecule has 0 bridgehead atoms. The number of nitrogens with one attached hydrogen (secondary N) is 1. The summed E-state index contributed by atoms with van der Waals surface area (Å²) in [6.45, 7) is 2.73. The largest absolute Gasteiger partial charge is 0.494 e. The lowest BCUT2D eigenvalue weighted by atomic mass is 9.82. The lowest BCUT2D eigenvalue weighted by Gasteiger charge is -2.25. The molecule has 2 rings (SSSR count). The fraction of sp³-hybridized carbons (Fsp3) is 0.571. The van der Waals surface area contributed by atoms with E-state index in [0.717, 1.165) is 25.2 Å². The van der Waals surface area contributed by atoms with E-state index in [9.17, 15) is 0 Å². The van der Waals surface area contributed by atoms with Crippen molar-refractivity contribution in [2.24, 2.45) is 0 Å². The first-order chi connectivity index (χ1) is 7.79. The quantitative estimate of drug-likeness (QED) is 0.765. The molecule has 1 aromatic carbocycles. The van der Waals surface area contributed by atoms with E-state index in [1.54, 1.807) is 0 Å². The number of rotatable bonds is 3. The molecule has 0 saturated heterocycles. The van der Waals surface area contributed by atoms with Crippen molar-refractivity contribution in [2.75, 3.05) is 6.61 Å². The van der Waals surface area contributed by atoms with E-state index < -0.39 is 0 Å². The zero-order chi connectivity index (χ0) is 11.4. The van der Waals surface area contributed by atoms with Gasteiger partial charge in [0, 0.05) is 6.04 Å². The van der Waals surface area contributed by atoms with Crippen molar-refractivity contribution in [1.29, 1.82) is 0 Å². The highest BCUT2D eigenvalue weighted by molar-refractivity contribution is 5.29. The summed E-state index contributed by atoms with van der Waals surface area (Å²) in [5, 5.41) is 0. The van der Waals surface area contributed by atoms with Gasteiger partial charge in [0.2, 0.25) is 0 Å². The lowest BCUT2D eigenvalue weighted by Crippen LogP contribution is -2.18. The van der Waals surface area contributed by atoms with Gasteiger partial charge in [0.05, 0.1) is 6.61 Å². The van der Waals surface area contributed by atoms with Crippen molar-refractivity contribution in [3.63, 3.8) is 0 Å². The maximum atomic E-state index is 7.69. The molecular formula is C14H20NO. The molecule has 0 heterocycles. The third-order valence-corrected chi connectivity index (χ3v) is 3.39. The summed E-state index contributed by atoms with van der Waals surface area (Å²) < 4.78 is 5.44. The van der Waals surface area contributed by atoms with E-state index in [-0.39, 0.29) is 6.04 Å². The zero-order valence-electron chi connectivity index (χ0n) is 9.91. The molecular weight excluding hydrogens is 198 g/mol. The molecule has 0 aromatic heterocycles. The van der Waals surface area contributed by atoms with Gasteiger partial charge in [-0.1, -0.05) is 12.1 Å². The van der Waals surface area contributed by atoms with Gasteiger partial charge in [-0.3, -0.25) is 5.73 Å². The van der Waals surface area contributed by atoms with Crippen molar-refractivity contribution in [2.45, 2.75) is 44.6 Å². The van der Waals surface area contributed by atoms with Crippen LogP contribution in [0.2, 0.25) is 0 Å². The summed E-state index contributed by atoms with van der Waals surface area (Å²) in [5.74, 6) is 1.62. The highest BCUT2D eigenvalue weighted by Crippen LogP contribution is 2.33. The van der Waals surface area contributed by atoms with Gasteiger partial charge < -0.3 is 4.74 Å². The summed E-state index contributed by atoms with van der Waals surface area (Å²) in [6, 6.07) is 8.66. The molecule has 2 nitrogen and oxygen atoms in total. The van der Waals surface area contributed by atoms with Gasteiger partial charge in [-0.25, -0.2) is 0 Å². The first kappa shape index (κ1) is 11.5. The summed E-state index contributed by atoms with van der Waals surface area (Å²) >= 11 is 0. The Morgan fingerprint density at radius 2 is 1.75 bits per heavy atom. The van der Waals surface area contributed by atoms with Crippen molar-refractivity contribution in [3.05, 3.63) is 29.8 Å². The SMILES string of the molecule is CCOc1ccc([C@H]2CC[C@@H]([NH])CC2)cc1. The highest BCUT2D eigenvalue weighted by Gasteiger charge is 2.20. The predicted octanol–water partition coefficient (Wildman–Crippen LogP) is 3.39. The van der Waals surface area contributed by atoms with Crippen LogP contribution in [-0.2, 0) is 0 Å². The number of hydrogen-bond acceptors (Lipinski definition) is 1. The standard InChI is InChI=1S/C14H20NO/c1-2-16-14-9-5-12(6-10-14)11-3-7-13(15)8-4-11/h5-6,9-11,13,15H,2-4,7-8H2,1H3/t11-,13+. The third kappa shape index (κ3) is 2.76. The Morgan fingerprint density at radius 1 is 1.12 bits per heavy atom. The Kier molecular flexibility index (Phi) is 3.83. The molecule has 1 aliphatic rings. The second kappa shape index (κ2) is 5.35. The number of hydrogen-bond donors (Lipinski definition) is 0. The average molecular weight is 218 g/mol. The van der Waals surface area contributed by atoms with Crippen LogP contribution >= 0.6 is 0 Å². The van der Waals surface area contributed by atoms with E-state index in [1.165, 1.54) is 18.4 Å². The molecule has 87 valence electrons. The first-order valence-electron chi connectivity index (χ1n) is 6.23. The van der Waals surface area contributed by atoms with E-state index in [0.29, 0.717) is 5.92 Å². The summed E-state index contributed by atoms with van der Waals surface area (Å²) in [5.41, 5.74) is 9.11. The molecule has 0 aliphatic heterocycles. The molecule has 2 heteroatoms. The van der Waals surface area contributed by atoms with Crippen molar-refractivity contribution in [3.8, 4) is 5.75 Å². The van der Waals surface area contributed by atoms with Crippen LogP contribution in [0, 0.1) is 0 Å². The normalized spacial score (nSPS) is 25.4. The minimum absolute atomic E-state index is 0.180. The molecule has 0 atom stereocenters. The third-order valence-electron chi connectivity index (χ3n) is 3.39. The Labute approximate surface area is 97.8 Å². The molecule has 1 aliphatic carbocycles. The fourth-order valence-corrected chi connectivity index (χ4v) is 2.43. The molecule has 1 radical (unpaired) electrons. The fourth-order valence-electron chi connectivity index (χ4n) is 2.43. The smallest absolute Gasteiger partial charge is 0.119 e. The summed E-state index contributed by atoms with van der Waals surface area (Å²) in [4.78, 5) is 0. The van der Waals surface area contributed by atoms with Crippen LogP contribution in [0.25, 0.3) is 0 Å². The van der Waals surface area contributed by atoms with E-state index in [1.807, 2.05) is 6.92 Å². The van der Waals surface area contributed by atoms with E-state index in [4.69, 9.17) is 10.5 Å². The Balaban J connectivity index is 1.98. The monoisotopic (exact) mass is 218 g/mol. The summed E-state index contributed by atoms with van der Waals surface area (Å²) in [6.07, 6.45) is 4.44. The van der Waals surface area contributed by atoms with Crippen LogP contribution in [0.4, 0.5) is 0 Å². The number of ether oxygens (including phenoxy) is 1. The average Bonchev–Trinajstić information content (AvgIpc) is 2.32. The molecule has 1 aromatic rings.